The van der Waals surface area contributed by atoms with Crippen molar-refractivity contribution in [2.24, 2.45) is 5.73 Å². The van der Waals surface area contributed by atoms with E-state index in [9.17, 15) is 31.1 Å². The number of nitrogens with one attached hydrogen (secondary N) is 3. The van der Waals surface area contributed by atoms with Crippen LogP contribution in [0.25, 0.3) is 5.70 Å². The van der Waals surface area contributed by atoms with Gasteiger partial charge in [-0.05, 0) is 60.5 Å². The van der Waals surface area contributed by atoms with E-state index in [1.165, 1.54) is 36.4 Å². The fourth-order valence-electron chi connectivity index (χ4n) is 2.90. The Balaban J connectivity index is 2.11. The molecule has 0 bridgehead atoms. The lowest BCUT2D eigenvalue weighted by Crippen LogP contribution is -2.24. The Kier molecular flexibility index (Phi) is 9.89. The maximum Gasteiger partial charge on any atom is 0.432 e. The first-order valence-electron chi connectivity index (χ1n) is 10.5. The van der Waals surface area contributed by atoms with Crippen molar-refractivity contribution in [2.45, 2.75) is 25.2 Å². The van der Waals surface area contributed by atoms with Crippen LogP contribution in [-0.4, -0.2) is 36.4 Å². The maximum atomic E-state index is 13.0. The van der Waals surface area contributed by atoms with E-state index in [0.29, 0.717) is 18.0 Å². The number of carbonyl (C=O) groups is 1. The van der Waals surface area contributed by atoms with Gasteiger partial charge in [-0.2, -0.15) is 26.3 Å². The van der Waals surface area contributed by atoms with Crippen molar-refractivity contribution in [1.29, 1.82) is 10.8 Å². The number of anilines is 1. The van der Waals surface area contributed by atoms with Gasteiger partial charge in [0.05, 0.1) is 22.9 Å². The Morgan fingerprint density at radius 2 is 1.57 bits per heavy atom. The molecule has 0 fully saturated rings. The smallest absolute Gasteiger partial charge is 0.432 e. The highest BCUT2D eigenvalue weighted by Crippen LogP contribution is 2.28. The van der Waals surface area contributed by atoms with E-state index in [0.717, 1.165) is 0 Å². The van der Waals surface area contributed by atoms with Crippen molar-refractivity contribution in [3.8, 4) is 0 Å². The van der Waals surface area contributed by atoms with Crippen LogP contribution in [0.5, 0.6) is 0 Å². The van der Waals surface area contributed by atoms with Crippen LogP contribution in [0.3, 0.4) is 0 Å². The minimum Gasteiger partial charge on any atom is -0.462 e. The average molecular weight is 547 g/mol. The molecular weight excluding hydrogens is 526 g/mol. The third-order valence-electron chi connectivity index (χ3n) is 4.80. The number of carbonyl (C=O) groups excluding carboxylic acids is 1. The Hall–Kier alpha value is -3.80. The molecule has 0 saturated heterocycles. The number of alkyl halides is 6. The Bertz CT molecular complexity index is 1200. The molecule has 0 amide bonds. The van der Waals surface area contributed by atoms with Crippen molar-refractivity contribution >= 4 is 40.4 Å². The molecule has 0 heterocycles. The number of rotatable bonds is 10. The summed E-state index contributed by atoms with van der Waals surface area (Å²) in [5, 5.41) is 17.4. The van der Waals surface area contributed by atoms with Crippen LogP contribution < -0.4 is 11.1 Å². The van der Waals surface area contributed by atoms with Crippen LogP contribution in [0.2, 0.25) is 5.02 Å². The fraction of sp³-hybridized carbons (Fsp3) is 0.208. The van der Waals surface area contributed by atoms with Gasteiger partial charge in [-0.25, -0.2) is 4.79 Å². The molecule has 6 nitrogen and oxygen atoms in total. The highest BCUT2D eigenvalue weighted by molar-refractivity contribution is 6.33. The van der Waals surface area contributed by atoms with Gasteiger partial charge in [0.15, 0.2) is 0 Å². The molecule has 5 N–H and O–H groups in total. The minimum atomic E-state index is -4.89. The molecule has 2 rings (SSSR count). The molecule has 0 aromatic heterocycles. The number of benzene rings is 2. The Labute approximate surface area is 212 Å². The van der Waals surface area contributed by atoms with E-state index in [1.807, 2.05) is 0 Å². The van der Waals surface area contributed by atoms with Gasteiger partial charge in [0, 0.05) is 5.70 Å². The number of esters is 1. The first-order valence-corrected chi connectivity index (χ1v) is 10.8. The highest BCUT2D eigenvalue weighted by atomic mass is 35.5. The number of para-hydroxylation sites is 1. The second-order valence-electron chi connectivity index (χ2n) is 7.46. The molecule has 0 radical (unpaired) electrons. The first kappa shape index (κ1) is 29.4. The van der Waals surface area contributed by atoms with Crippen LogP contribution in [0, 0.1) is 10.8 Å². The normalized spacial score (nSPS) is 12.7. The van der Waals surface area contributed by atoms with Gasteiger partial charge in [-0.1, -0.05) is 35.9 Å². The second kappa shape index (κ2) is 12.4. The van der Waals surface area contributed by atoms with Crippen LogP contribution in [0.1, 0.15) is 28.8 Å². The number of hydrogen-bond donors (Lipinski definition) is 4. The predicted octanol–water partition coefficient (Wildman–Crippen LogP) is 6.74. The molecule has 0 aliphatic carbocycles. The van der Waals surface area contributed by atoms with E-state index in [1.54, 1.807) is 12.1 Å². The van der Waals surface area contributed by atoms with E-state index in [2.05, 4.69) is 5.32 Å². The molecule has 0 spiro atoms. The summed E-state index contributed by atoms with van der Waals surface area (Å²) in [6, 6.07) is 11.5. The van der Waals surface area contributed by atoms with Crippen LogP contribution in [0.15, 0.2) is 66.4 Å². The van der Waals surface area contributed by atoms with Gasteiger partial charge in [0.25, 0.3) is 0 Å². The topological polar surface area (TPSA) is 112 Å². The molecule has 13 heteroatoms. The molecule has 198 valence electrons. The second-order valence-corrected chi connectivity index (χ2v) is 7.86. The third kappa shape index (κ3) is 8.67. The third-order valence-corrected chi connectivity index (χ3v) is 5.13. The van der Waals surface area contributed by atoms with Gasteiger partial charge in [-0.3, -0.25) is 10.8 Å². The molecule has 0 atom stereocenters. The van der Waals surface area contributed by atoms with E-state index in [4.69, 9.17) is 32.9 Å². The van der Waals surface area contributed by atoms with Gasteiger partial charge in [0.2, 0.25) is 0 Å². The molecule has 0 saturated carbocycles. The Morgan fingerprint density at radius 3 is 2.11 bits per heavy atom. The van der Waals surface area contributed by atoms with E-state index in [-0.39, 0.29) is 41.3 Å². The van der Waals surface area contributed by atoms with Gasteiger partial charge in [0.1, 0.15) is 11.4 Å². The van der Waals surface area contributed by atoms with Crippen molar-refractivity contribution in [3.63, 3.8) is 0 Å². The van der Waals surface area contributed by atoms with E-state index >= 15 is 0 Å². The van der Waals surface area contributed by atoms with Gasteiger partial charge in [-0.15, -0.1) is 0 Å². The lowest BCUT2D eigenvalue weighted by molar-refractivity contribution is -0.0596. The van der Waals surface area contributed by atoms with Crippen LogP contribution in [-0.2, 0) is 4.74 Å². The van der Waals surface area contributed by atoms with Crippen LogP contribution >= 0.6 is 11.6 Å². The molecule has 2 aromatic carbocycles. The lowest BCUT2D eigenvalue weighted by atomic mass is 10.1. The SMILES string of the molecule is N=C(/C=C(\Nc1ccccc1Cl)c1ccc(C(=O)OCCC/C(=C/N)C(=N)C(F)(F)F)cc1)C(F)(F)F. The number of halogens is 7. The lowest BCUT2D eigenvalue weighted by Gasteiger charge is -2.15. The van der Waals surface area contributed by atoms with Gasteiger partial charge < -0.3 is 15.8 Å². The number of allylic oxidation sites excluding steroid dienone is 2. The highest BCUT2D eigenvalue weighted by Gasteiger charge is 2.36. The summed E-state index contributed by atoms with van der Waals surface area (Å²) < 4.78 is 81.8. The fourth-order valence-corrected chi connectivity index (χ4v) is 3.08. The van der Waals surface area contributed by atoms with Crippen molar-refractivity contribution < 1.29 is 35.9 Å². The number of nitrogens with two attached hydrogens (primary N) is 1. The zero-order valence-corrected chi connectivity index (χ0v) is 19.7. The average Bonchev–Trinajstić information content (AvgIpc) is 2.83. The number of hydrogen-bond acceptors (Lipinski definition) is 6. The monoisotopic (exact) mass is 546 g/mol. The molecule has 37 heavy (non-hydrogen) atoms. The maximum absolute atomic E-state index is 13.0. The first-order chi connectivity index (χ1) is 17.2. The van der Waals surface area contributed by atoms with Crippen molar-refractivity contribution in [1.82, 2.24) is 0 Å². The molecule has 0 aliphatic rings. The van der Waals surface area contributed by atoms with Crippen LogP contribution in [0.4, 0.5) is 32.0 Å². The minimum absolute atomic E-state index is 0.0283. The predicted molar refractivity (Wildman–Crippen MR) is 129 cm³/mol. The quantitative estimate of drug-likeness (QED) is 0.114. The van der Waals surface area contributed by atoms with E-state index < -0.39 is 35.3 Å². The van der Waals surface area contributed by atoms with Crippen molar-refractivity contribution in [3.05, 3.63) is 82.5 Å². The molecule has 0 unspecified atom stereocenters. The summed E-state index contributed by atoms with van der Waals surface area (Å²) in [5.74, 6) is -0.816. The zero-order chi connectivity index (χ0) is 27.8. The summed E-state index contributed by atoms with van der Waals surface area (Å²) in [6.45, 7) is -0.259. The van der Waals surface area contributed by atoms with Crippen molar-refractivity contribution in [2.75, 3.05) is 11.9 Å². The molecule has 2 aromatic rings. The number of ether oxygens (including phenoxy) is 1. The Morgan fingerprint density at radius 1 is 0.973 bits per heavy atom. The largest absolute Gasteiger partial charge is 0.462 e. The summed E-state index contributed by atoms with van der Waals surface area (Å²) in [6.07, 6.45) is -8.76. The summed E-state index contributed by atoms with van der Waals surface area (Å²) in [7, 11) is 0. The summed E-state index contributed by atoms with van der Waals surface area (Å²) in [4.78, 5) is 12.3. The standard InChI is InChI=1S/C24H21ClF6N4O2/c25-17-5-1-2-6-18(17)35-19(12-20(33)23(26,27)28)14-7-9-15(10-8-14)22(36)37-11-3-4-16(13-32)21(34)24(29,30)31/h1-2,5-10,12-13,33-35H,3-4,11,32H2/b16-13-,19-12-,33-20?,34-21?. The molecular formula is C24H21ClF6N4O2. The summed E-state index contributed by atoms with van der Waals surface area (Å²) >= 11 is 6.07. The van der Waals surface area contributed by atoms with Gasteiger partial charge >= 0.3 is 18.3 Å². The zero-order valence-electron chi connectivity index (χ0n) is 18.9. The summed E-state index contributed by atoms with van der Waals surface area (Å²) in [5.41, 5.74) is 1.93. The molecule has 0 aliphatic heterocycles.